The summed E-state index contributed by atoms with van der Waals surface area (Å²) in [6.45, 7) is 0.512. The Balaban J connectivity index is 1.50. The number of carbonyl (C=O) groups excluding carboxylic acids is 2. The SMILES string of the molecule is Cn1ccnc1Sc1ccc(Cl)cc1NC(=O)C1CC(=O)N(C2CC2)C1. The zero-order valence-electron chi connectivity index (χ0n) is 14.3. The summed E-state index contributed by atoms with van der Waals surface area (Å²) >= 11 is 7.58. The van der Waals surface area contributed by atoms with Crippen molar-refractivity contribution in [3.63, 3.8) is 0 Å². The van der Waals surface area contributed by atoms with Gasteiger partial charge in [0.2, 0.25) is 11.8 Å². The summed E-state index contributed by atoms with van der Waals surface area (Å²) in [4.78, 5) is 31.8. The number of hydrogen-bond donors (Lipinski definition) is 1. The highest BCUT2D eigenvalue weighted by atomic mass is 35.5. The van der Waals surface area contributed by atoms with Crippen LogP contribution >= 0.6 is 23.4 Å². The van der Waals surface area contributed by atoms with Crippen LogP contribution in [0.3, 0.4) is 0 Å². The van der Waals surface area contributed by atoms with Crippen LogP contribution in [0.4, 0.5) is 5.69 Å². The van der Waals surface area contributed by atoms with Crippen LogP contribution in [0.1, 0.15) is 19.3 Å². The maximum absolute atomic E-state index is 12.7. The van der Waals surface area contributed by atoms with E-state index in [1.54, 1.807) is 18.3 Å². The first-order chi connectivity index (χ1) is 12.5. The van der Waals surface area contributed by atoms with Crippen LogP contribution in [-0.2, 0) is 16.6 Å². The number of likely N-dealkylation sites (tertiary alicyclic amines) is 1. The van der Waals surface area contributed by atoms with Crippen LogP contribution in [0.25, 0.3) is 0 Å². The van der Waals surface area contributed by atoms with Crippen LogP contribution in [0.2, 0.25) is 5.02 Å². The lowest BCUT2D eigenvalue weighted by Crippen LogP contribution is -2.30. The van der Waals surface area contributed by atoms with Crippen molar-refractivity contribution in [1.82, 2.24) is 14.5 Å². The predicted molar refractivity (Wildman–Crippen MR) is 100 cm³/mol. The first kappa shape index (κ1) is 17.4. The maximum Gasteiger partial charge on any atom is 0.229 e. The van der Waals surface area contributed by atoms with E-state index in [-0.39, 0.29) is 24.2 Å². The second-order valence-electron chi connectivity index (χ2n) is 6.73. The van der Waals surface area contributed by atoms with Gasteiger partial charge >= 0.3 is 0 Å². The number of halogens is 1. The van der Waals surface area contributed by atoms with E-state index in [2.05, 4.69) is 10.3 Å². The Morgan fingerprint density at radius 2 is 2.19 bits per heavy atom. The molecule has 136 valence electrons. The fourth-order valence-electron chi connectivity index (χ4n) is 3.12. The van der Waals surface area contributed by atoms with Gasteiger partial charge < -0.3 is 14.8 Å². The first-order valence-corrected chi connectivity index (χ1v) is 9.76. The molecule has 1 aromatic heterocycles. The minimum Gasteiger partial charge on any atom is -0.339 e. The number of nitrogens with one attached hydrogen (secondary N) is 1. The van der Waals surface area contributed by atoms with Crippen LogP contribution in [0.5, 0.6) is 0 Å². The molecule has 2 aliphatic rings. The van der Waals surface area contributed by atoms with Gasteiger partial charge in [-0.05, 0) is 42.8 Å². The molecule has 1 saturated heterocycles. The van der Waals surface area contributed by atoms with E-state index in [0.717, 1.165) is 22.9 Å². The maximum atomic E-state index is 12.7. The Hall–Kier alpha value is -1.99. The van der Waals surface area contributed by atoms with Gasteiger partial charge in [-0.15, -0.1) is 0 Å². The molecular weight excluding hydrogens is 372 g/mol. The third kappa shape index (κ3) is 3.59. The Morgan fingerprint density at radius 3 is 2.88 bits per heavy atom. The van der Waals surface area contributed by atoms with Crippen LogP contribution in [-0.4, -0.2) is 38.9 Å². The molecule has 1 atom stereocenters. The molecule has 1 aliphatic heterocycles. The molecule has 0 radical (unpaired) electrons. The van der Waals surface area contributed by atoms with Crippen molar-refractivity contribution in [1.29, 1.82) is 0 Å². The van der Waals surface area contributed by atoms with Crippen LogP contribution in [0.15, 0.2) is 40.6 Å². The molecule has 1 saturated carbocycles. The van der Waals surface area contributed by atoms with Crippen molar-refractivity contribution in [2.24, 2.45) is 13.0 Å². The van der Waals surface area contributed by atoms with Gasteiger partial charge in [0.05, 0.1) is 11.6 Å². The summed E-state index contributed by atoms with van der Waals surface area (Å²) in [5, 5.41) is 4.33. The quantitative estimate of drug-likeness (QED) is 0.851. The number of carbonyl (C=O) groups is 2. The smallest absolute Gasteiger partial charge is 0.229 e. The molecule has 4 rings (SSSR count). The Bertz CT molecular complexity index is 865. The van der Waals surface area contributed by atoms with Crippen LogP contribution < -0.4 is 5.32 Å². The standard InChI is InChI=1S/C18H19ClN4O2S/c1-22-7-6-20-18(22)26-15-5-2-12(19)9-14(15)21-17(25)11-8-16(24)23(10-11)13-3-4-13/h2,5-7,9,11,13H,3-4,8,10H2,1H3,(H,21,25). The van der Waals surface area contributed by atoms with E-state index >= 15 is 0 Å². The molecule has 2 fully saturated rings. The molecule has 2 aromatic rings. The number of rotatable bonds is 5. The average molecular weight is 391 g/mol. The highest BCUT2D eigenvalue weighted by molar-refractivity contribution is 7.99. The predicted octanol–water partition coefficient (Wildman–Crippen LogP) is 3.17. The number of aromatic nitrogens is 2. The summed E-state index contributed by atoms with van der Waals surface area (Å²) in [6.07, 6.45) is 5.99. The lowest BCUT2D eigenvalue weighted by Gasteiger charge is -2.16. The summed E-state index contributed by atoms with van der Waals surface area (Å²) in [6, 6.07) is 5.74. The summed E-state index contributed by atoms with van der Waals surface area (Å²) in [5.74, 6) is -0.361. The Morgan fingerprint density at radius 1 is 1.38 bits per heavy atom. The van der Waals surface area contributed by atoms with Crippen molar-refractivity contribution in [3.05, 3.63) is 35.6 Å². The zero-order valence-corrected chi connectivity index (χ0v) is 15.9. The van der Waals surface area contributed by atoms with Gasteiger partial charge in [0.15, 0.2) is 5.16 Å². The van der Waals surface area contributed by atoms with E-state index in [9.17, 15) is 9.59 Å². The lowest BCUT2D eigenvalue weighted by atomic mass is 10.1. The minimum atomic E-state index is -0.312. The molecule has 8 heteroatoms. The molecule has 2 heterocycles. The molecule has 0 bridgehead atoms. The van der Waals surface area contributed by atoms with Gasteiger partial charge in [-0.2, -0.15) is 0 Å². The number of benzene rings is 1. The van der Waals surface area contributed by atoms with Crippen molar-refractivity contribution in [2.75, 3.05) is 11.9 Å². The fraction of sp³-hybridized carbons (Fsp3) is 0.389. The lowest BCUT2D eigenvalue weighted by molar-refractivity contribution is -0.128. The number of aryl methyl sites for hydroxylation is 1. The number of amides is 2. The Labute approximate surface area is 160 Å². The average Bonchev–Trinajstić information content (AvgIpc) is 3.26. The van der Waals surface area contributed by atoms with Gasteiger partial charge in [-0.25, -0.2) is 4.98 Å². The van der Waals surface area contributed by atoms with Gasteiger partial charge in [0.1, 0.15) is 0 Å². The zero-order chi connectivity index (χ0) is 18.3. The van der Waals surface area contributed by atoms with Crippen molar-refractivity contribution < 1.29 is 9.59 Å². The molecule has 1 aliphatic carbocycles. The fourth-order valence-corrected chi connectivity index (χ4v) is 4.16. The van der Waals surface area contributed by atoms with Gasteiger partial charge in [-0.1, -0.05) is 11.6 Å². The third-order valence-electron chi connectivity index (χ3n) is 4.69. The van der Waals surface area contributed by atoms with Gasteiger partial charge in [0.25, 0.3) is 0 Å². The van der Waals surface area contributed by atoms with E-state index in [1.807, 2.05) is 28.8 Å². The number of hydrogen-bond acceptors (Lipinski definition) is 4. The second kappa shape index (κ2) is 6.96. The topological polar surface area (TPSA) is 67.2 Å². The monoisotopic (exact) mass is 390 g/mol. The van der Waals surface area contributed by atoms with E-state index in [1.165, 1.54) is 11.8 Å². The summed E-state index contributed by atoms with van der Waals surface area (Å²) < 4.78 is 1.91. The summed E-state index contributed by atoms with van der Waals surface area (Å²) in [5.41, 5.74) is 0.646. The highest BCUT2D eigenvalue weighted by Gasteiger charge is 2.41. The molecule has 1 aromatic carbocycles. The van der Waals surface area contributed by atoms with Crippen LogP contribution in [0, 0.1) is 5.92 Å². The molecule has 6 nitrogen and oxygen atoms in total. The molecule has 2 amide bonds. The molecule has 1 N–H and O–H groups in total. The molecule has 1 unspecified atom stereocenters. The molecular formula is C18H19ClN4O2S. The van der Waals surface area contributed by atoms with Crippen molar-refractivity contribution >= 4 is 40.9 Å². The second-order valence-corrected chi connectivity index (χ2v) is 8.18. The van der Waals surface area contributed by atoms with Gasteiger partial charge in [-0.3, -0.25) is 9.59 Å². The minimum absolute atomic E-state index is 0.0846. The molecule has 0 spiro atoms. The van der Waals surface area contributed by atoms with E-state index in [4.69, 9.17) is 11.6 Å². The van der Waals surface area contributed by atoms with Crippen molar-refractivity contribution in [3.8, 4) is 0 Å². The molecule has 26 heavy (non-hydrogen) atoms. The van der Waals surface area contributed by atoms with E-state index < -0.39 is 0 Å². The number of anilines is 1. The van der Waals surface area contributed by atoms with Gasteiger partial charge in [0, 0.05) is 48.4 Å². The highest BCUT2D eigenvalue weighted by Crippen LogP contribution is 2.36. The third-order valence-corrected chi connectivity index (χ3v) is 6.08. The number of nitrogens with zero attached hydrogens (tertiary/aromatic N) is 3. The van der Waals surface area contributed by atoms with Crippen molar-refractivity contribution in [2.45, 2.75) is 35.4 Å². The normalized spacial score (nSPS) is 19.8. The first-order valence-electron chi connectivity index (χ1n) is 8.56. The Kier molecular flexibility index (Phi) is 4.67. The van der Waals surface area contributed by atoms with E-state index in [0.29, 0.717) is 23.3 Å². The summed E-state index contributed by atoms with van der Waals surface area (Å²) in [7, 11) is 1.92. The largest absolute Gasteiger partial charge is 0.339 e. The number of imidazole rings is 1.